The number of rotatable bonds is 21. The Bertz CT molecular complexity index is 644. The number of benzene rings is 1. The summed E-state index contributed by atoms with van der Waals surface area (Å²) in [7, 11) is 0. The maximum atomic E-state index is 12.3. The van der Waals surface area contributed by atoms with Crippen molar-refractivity contribution in [3.8, 4) is 5.75 Å². The molecule has 2 N–H and O–H groups in total. The van der Waals surface area contributed by atoms with Gasteiger partial charge in [-0.05, 0) is 50.3 Å². The Balaban J connectivity index is 2.07. The Hall–Kier alpha value is -1.71. The minimum Gasteiger partial charge on any atom is -0.506 e. The van der Waals surface area contributed by atoms with Gasteiger partial charge in [-0.25, -0.2) is 4.79 Å². The molecule has 34 heavy (non-hydrogen) atoms. The topological polar surface area (TPSA) is 58.6 Å². The third-order valence-corrected chi connectivity index (χ3v) is 6.54. The summed E-state index contributed by atoms with van der Waals surface area (Å²) in [5.74, 6) is 0.404. The zero-order chi connectivity index (χ0) is 25.0. The molecule has 0 radical (unpaired) electrons. The monoisotopic (exact) mass is 475 g/mol. The molecule has 0 aliphatic carbocycles. The van der Waals surface area contributed by atoms with Gasteiger partial charge in [0.15, 0.2) is 0 Å². The molecule has 0 aromatic heterocycles. The average Bonchev–Trinajstić information content (AvgIpc) is 2.81. The first-order valence-electron chi connectivity index (χ1n) is 14.2. The number of carbonyl (C=O) groups excluding carboxylic acids is 1. The molecule has 196 valence electrons. The summed E-state index contributed by atoms with van der Waals surface area (Å²) < 4.78 is 5.41. The molecule has 1 aromatic rings. The second-order valence-electron chi connectivity index (χ2n) is 10.5. The maximum Gasteiger partial charge on any atom is 0.338 e. The summed E-state index contributed by atoms with van der Waals surface area (Å²) in [6.07, 6.45) is 20.5. The van der Waals surface area contributed by atoms with E-state index in [0.29, 0.717) is 23.8 Å². The molecule has 0 aliphatic heterocycles. The molecule has 0 saturated heterocycles. The van der Waals surface area contributed by atoms with Crippen molar-refractivity contribution in [2.24, 2.45) is 5.92 Å². The molecule has 0 fully saturated rings. The van der Waals surface area contributed by atoms with E-state index in [1.807, 2.05) is 0 Å². The van der Waals surface area contributed by atoms with Crippen LogP contribution in [-0.2, 0) is 4.74 Å². The van der Waals surface area contributed by atoms with Crippen molar-refractivity contribution in [1.29, 1.82) is 0 Å². The highest BCUT2D eigenvalue weighted by molar-refractivity contribution is 5.90. The van der Waals surface area contributed by atoms with Crippen molar-refractivity contribution in [2.75, 3.05) is 11.9 Å². The molecule has 0 saturated carbocycles. The molecule has 1 atom stereocenters. The number of hydrogen-bond acceptors (Lipinski definition) is 4. The van der Waals surface area contributed by atoms with E-state index in [2.05, 4.69) is 33.0 Å². The van der Waals surface area contributed by atoms with Crippen LogP contribution in [0.15, 0.2) is 18.2 Å². The van der Waals surface area contributed by atoms with Gasteiger partial charge in [-0.2, -0.15) is 0 Å². The SMILES string of the molecule is CCCCCCCCCCCCCCCCOC(=O)c1ccc(NC(C)CCC(C)C)c(O)c1. The van der Waals surface area contributed by atoms with E-state index in [4.69, 9.17) is 4.74 Å². The Morgan fingerprint density at radius 1 is 0.824 bits per heavy atom. The normalized spacial score (nSPS) is 12.1. The fraction of sp³-hybridized carbons (Fsp3) is 0.767. The molecular weight excluding hydrogens is 422 g/mol. The number of anilines is 1. The Morgan fingerprint density at radius 3 is 1.85 bits per heavy atom. The van der Waals surface area contributed by atoms with Crippen LogP contribution in [0.2, 0.25) is 0 Å². The van der Waals surface area contributed by atoms with Gasteiger partial charge < -0.3 is 15.2 Å². The number of phenols is 1. The number of carbonyl (C=O) groups is 1. The highest BCUT2D eigenvalue weighted by atomic mass is 16.5. The zero-order valence-corrected chi connectivity index (χ0v) is 22.7. The van der Waals surface area contributed by atoms with Crippen molar-refractivity contribution in [3.05, 3.63) is 23.8 Å². The number of phenolic OH excluding ortho intramolecular Hbond substituents is 1. The standard InChI is InChI=1S/C30H53NO3/c1-5-6-7-8-9-10-11-12-13-14-15-16-17-18-23-34-30(33)27-21-22-28(29(32)24-27)31-26(4)20-19-25(2)3/h21-22,24-26,31-32H,5-20,23H2,1-4H3. The summed E-state index contributed by atoms with van der Waals surface area (Å²) in [4.78, 5) is 12.3. The van der Waals surface area contributed by atoms with Gasteiger partial charge in [0, 0.05) is 6.04 Å². The molecule has 0 spiro atoms. The predicted molar refractivity (Wildman–Crippen MR) is 146 cm³/mol. The van der Waals surface area contributed by atoms with Gasteiger partial charge in [-0.1, -0.05) is 104 Å². The van der Waals surface area contributed by atoms with Crippen molar-refractivity contribution in [2.45, 2.75) is 136 Å². The number of nitrogens with one attached hydrogen (secondary N) is 1. The fourth-order valence-electron chi connectivity index (χ4n) is 4.25. The van der Waals surface area contributed by atoms with Crippen LogP contribution in [0.4, 0.5) is 5.69 Å². The number of ether oxygens (including phenoxy) is 1. The number of aromatic hydroxyl groups is 1. The first-order valence-corrected chi connectivity index (χ1v) is 14.2. The molecule has 4 nitrogen and oxygen atoms in total. The highest BCUT2D eigenvalue weighted by Crippen LogP contribution is 2.26. The third-order valence-electron chi connectivity index (χ3n) is 6.54. The summed E-state index contributed by atoms with van der Waals surface area (Å²) in [5.41, 5.74) is 1.07. The molecule has 1 unspecified atom stereocenters. The van der Waals surface area contributed by atoms with Crippen molar-refractivity contribution in [3.63, 3.8) is 0 Å². The van der Waals surface area contributed by atoms with Gasteiger partial charge >= 0.3 is 5.97 Å². The maximum absolute atomic E-state index is 12.3. The molecule has 0 bridgehead atoms. The molecular formula is C30H53NO3. The lowest BCUT2D eigenvalue weighted by Gasteiger charge is -2.17. The zero-order valence-electron chi connectivity index (χ0n) is 22.7. The lowest BCUT2D eigenvalue weighted by atomic mass is 10.0. The van der Waals surface area contributed by atoms with Gasteiger partial charge in [-0.3, -0.25) is 0 Å². The summed E-state index contributed by atoms with van der Waals surface area (Å²) >= 11 is 0. The Labute approximate surface area is 210 Å². The van der Waals surface area contributed by atoms with Crippen LogP contribution in [0, 0.1) is 5.92 Å². The largest absolute Gasteiger partial charge is 0.506 e. The molecule has 1 rings (SSSR count). The van der Waals surface area contributed by atoms with Crippen LogP contribution in [0.1, 0.15) is 141 Å². The van der Waals surface area contributed by atoms with E-state index in [9.17, 15) is 9.90 Å². The van der Waals surface area contributed by atoms with Crippen molar-refractivity contribution in [1.82, 2.24) is 0 Å². The van der Waals surface area contributed by atoms with Crippen LogP contribution in [0.25, 0.3) is 0 Å². The smallest absolute Gasteiger partial charge is 0.338 e. The highest BCUT2D eigenvalue weighted by Gasteiger charge is 2.12. The molecule has 4 heteroatoms. The summed E-state index contributed by atoms with van der Waals surface area (Å²) in [6, 6.07) is 5.27. The number of hydrogen-bond donors (Lipinski definition) is 2. The van der Waals surface area contributed by atoms with E-state index < -0.39 is 0 Å². The number of unbranched alkanes of at least 4 members (excludes halogenated alkanes) is 13. The molecule has 0 aliphatic rings. The second-order valence-corrected chi connectivity index (χ2v) is 10.5. The van der Waals surface area contributed by atoms with Gasteiger partial charge in [0.05, 0.1) is 17.9 Å². The Kier molecular flexibility index (Phi) is 17.5. The van der Waals surface area contributed by atoms with E-state index in [0.717, 1.165) is 25.7 Å². The van der Waals surface area contributed by atoms with E-state index >= 15 is 0 Å². The predicted octanol–water partition coefficient (Wildman–Crippen LogP) is 9.27. The molecule has 1 aromatic carbocycles. The van der Waals surface area contributed by atoms with Crippen LogP contribution in [-0.4, -0.2) is 23.7 Å². The first-order chi connectivity index (χ1) is 16.4. The van der Waals surface area contributed by atoms with Gasteiger partial charge in [0.2, 0.25) is 0 Å². The first kappa shape index (κ1) is 30.3. The lowest BCUT2D eigenvalue weighted by Crippen LogP contribution is -2.16. The lowest BCUT2D eigenvalue weighted by molar-refractivity contribution is 0.0497. The van der Waals surface area contributed by atoms with E-state index in [-0.39, 0.29) is 17.8 Å². The van der Waals surface area contributed by atoms with Crippen molar-refractivity contribution < 1.29 is 14.6 Å². The minimum atomic E-state index is -0.357. The van der Waals surface area contributed by atoms with Crippen LogP contribution in [0.3, 0.4) is 0 Å². The number of esters is 1. The molecule has 0 amide bonds. The van der Waals surface area contributed by atoms with Gasteiger partial charge in [0.1, 0.15) is 5.75 Å². The minimum absolute atomic E-state index is 0.0994. The van der Waals surface area contributed by atoms with E-state index in [1.54, 1.807) is 12.1 Å². The fourth-order valence-corrected chi connectivity index (χ4v) is 4.25. The summed E-state index contributed by atoms with van der Waals surface area (Å²) in [5, 5.41) is 13.6. The van der Waals surface area contributed by atoms with E-state index in [1.165, 1.54) is 83.1 Å². The van der Waals surface area contributed by atoms with Crippen LogP contribution in [0.5, 0.6) is 5.75 Å². The quantitative estimate of drug-likeness (QED) is 0.106. The van der Waals surface area contributed by atoms with Crippen molar-refractivity contribution >= 4 is 11.7 Å². The van der Waals surface area contributed by atoms with Gasteiger partial charge in [-0.15, -0.1) is 0 Å². The molecule has 0 heterocycles. The van der Waals surface area contributed by atoms with Crippen LogP contribution >= 0.6 is 0 Å². The van der Waals surface area contributed by atoms with Gasteiger partial charge in [0.25, 0.3) is 0 Å². The van der Waals surface area contributed by atoms with Crippen LogP contribution < -0.4 is 5.32 Å². The Morgan fingerprint density at radius 2 is 1.35 bits per heavy atom. The summed E-state index contributed by atoms with van der Waals surface area (Å²) in [6.45, 7) is 9.25. The average molecular weight is 476 g/mol. The third kappa shape index (κ3) is 15.2. The second kappa shape index (κ2) is 19.6.